The fourth-order valence-corrected chi connectivity index (χ4v) is 2.44. The standard InChI is InChI=1S/C10H11FN2O7S/c1-20-8(10(14)15)5-12-21(18,19)9-3-2-6(13(16)17)4-7(9)11/h2-4,8,12H,5H2,1H3,(H,14,15). The van der Waals surface area contributed by atoms with Crippen molar-refractivity contribution in [2.45, 2.75) is 11.0 Å². The number of nitrogens with zero attached hydrogens (tertiary/aromatic N) is 1. The highest BCUT2D eigenvalue weighted by Crippen LogP contribution is 2.20. The molecular formula is C10H11FN2O7S. The van der Waals surface area contributed by atoms with Crippen LogP contribution in [0, 0.1) is 15.9 Å². The van der Waals surface area contributed by atoms with E-state index in [1.165, 1.54) is 0 Å². The average molecular weight is 322 g/mol. The molecule has 0 heterocycles. The molecule has 1 aromatic carbocycles. The normalized spacial score (nSPS) is 12.9. The van der Waals surface area contributed by atoms with Crippen molar-refractivity contribution in [2.75, 3.05) is 13.7 Å². The largest absolute Gasteiger partial charge is 0.479 e. The fourth-order valence-electron chi connectivity index (χ4n) is 1.36. The number of hydrogen-bond donors (Lipinski definition) is 2. The van der Waals surface area contributed by atoms with Crippen molar-refractivity contribution in [2.24, 2.45) is 0 Å². The van der Waals surface area contributed by atoms with E-state index in [2.05, 4.69) is 4.74 Å². The summed E-state index contributed by atoms with van der Waals surface area (Å²) in [6, 6.07) is 2.00. The summed E-state index contributed by atoms with van der Waals surface area (Å²) in [5.41, 5.74) is -0.605. The maximum Gasteiger partial charge on any atom is 0.334 e. The molecule has 0 fully saturated rings. The Bertz CT molecular complexity index is 661. The van der Waals surface area contributed by atoms with Crippen molar-refractivity contribution in [1.82, 2.24) is 4.72 Å². The van der Waals surface area contributed by atoms with E-state index in [0.717, 1.165) is 19.2 Å². The molecule has 0 saturated heterocycles. The Labute approximate surface area is 118 Å². The number of nitro benzene ring substituents is 1. The third-order valence-corrected chi connectivity index (χ3v) is 3.89. The summed E-state index contributed by atoms with van der Waals surface area (Å²) >= 11 is 0. The van der Waals surface area contributed by atoms with Crippen LogP contribution in [-0.2, 0) is 19.6 Å². The third kappa shape index (κ3) is 4.18. The second-order valence-electron chi connectivity index (χ2n) is 3.79. The molecule has 0 aromatic heterocycles. The van der Waals surface area contributed by atoms with E-state index >= 15 is 0 Å². The SMILES string of the molecule is COC(CNS(=O)(=O)c1ccc([N+](=O)[O-])cc1F)C(=O)O. The number of sulfonamides is 1. The van der Waals surface area contributed by atoms with Gasteiger partial charge in [0.25, 0.3) is 5.69 Å². The smallest absolute Gasteiger partial charge is 0.334 e. The molecule has 0 aliphatic heterocycles. The van der Waals surface area contributed by atoms with Crippen LogP contribution in [0.4, 0.5) is 10.1 Å². The maximum atomic E-state index is 13.6. The van der Waals surface area contributed by atoms with Crippen LogP contribution in [0.5, 0.6) is 0 Å². The van der Waals surface area contributed by atoms with E-state index in [-0.39, 0.29) is 0 Å². The van der Waals surface area contributed by atoms with Gasteiger partial charge < -0.3 is 9.84 Å². The number of methoxy groups -OCH3 is 1. The monoisotopic (exact) mass is 322 g/mol. The van der Waals surface area contributed by atoms with Crippen molar-refractivity contribution < 1.29 is 32.4 Å². The summed E-state index contributed by atoms with van der Waals surface area (Å²) in [4.78, 5) is 19.4. The first kappa shape index (κ1) is 16.9. The van der Waals surface area contributed by atoms with Crippen LogP contribution >= 0.6 is 0 Å². The zero-order chi connectivity index (χ0) is 16.2. The van der Waals surface area contributed by atoms with Gasteiger partial charge in [0.1, 0.15) is 10.7 Å². The summed E-state index contributed by atoms with van der Waals surface area (Å²) in [7, 11) is -3.29. The number of nitro groups is 1. The van der Waals surface area contributed by atoms with Gasteiger partial charge in [-0.1, -0.05) is 0 Å². The number of carboxylic acid groups (broad SMARTS) is 1. The number of hydrogen-bond acceptors (Lipinski definition) is 6. The van der Waals surface area contributed by atoms with Gasteiger partial charge in [-0.2, -0.15) is 0 Å². The van der Waals surface area contributed by atoms with Crippen molar-refractivity contribution in [3.63, 3.8) is 0 Å². The Kier molecular flexibility index (Phi) is 5.29. The van der Waals surface area contributed by atoms with Gasteiger partial charge in [-0.15, -0.1) is 0 Å². The van der Waals surface area contributed by atoms with Gasteiger partial charge in [0.05, 0.1) is 11.0 Å². The quantitative estimate of drug-likeness (QED) is 0.537. The Hall–Kier alpha value is -2.11. The summed E-state index contributed by atoms with van der Waals surface area (Å²) < 4.78 is 43.6. The Morgan fingerprint density at radius 1 is 1.57 bits per heavy atom. The molecule has 0 amide bonds. The predicted octanol–water partition coefficient (Wildman–Crippen LogP) is 0.112. The van der Waals surface area contributed by atoms with Crippen molar-refractivity contribution in [3.8, 4) is 0 Å². The van der Waals surface area contributed by atoms with Crippen LogP contribution in [0.3, 0.4) is 0 Å². The molecule has 1 unspecified atom stereocenters. The van der Waals surface area contributed by atoms with Crippen LogP contribution in [0.25, 0.3) is 0 Å². The molecule has 1 rings (SSSR count). The number of ether oxygens (including phenoxy) is 1. The molecule has 0 aliphatic rings. The molecule has 1 atom stereocenters. The van der Waals surface area contributed by atoms with E-state index in [9.17, 15) is 27.7 Å². The molecular weight excluding hydrogens is 311 g/mol. The highest BCUT2D eigenvalue weighted by atomic mass is 32.2. The number of nitrogens with one attached hydrogen (secondary N) is 1. The lowest BCUT2D eigenvalue weighted by Gasteiger charge is -2.12. The van der Waals surface area contributed by atoms with Gasteiger partial charge in [-0.25, -0.2) is 22.3 Å². The number of halogens is 1. The van der Waals surface area contributed by atoms with Gasteiger partial charge in [0.15, 0.2) is 6.10 Å². The lowest BCUT2D eigenvalue weighted by molar-refractivity contribution is -0.385. The summed E-state index contributed by atoms with van der Waals surface area (Å²) in [5.74, 6) is -2.72. The van der Waals surface area contributed by atoms with E-state index in [0.29, 0.717) is 6.07 Å². The molecule has 1 aromatic rings. The minimum Gasteiger partial charge on any atom is -0.479 e. The van der Waals surface area contributed by atoms with E-state index in [1.54, 1.807) is 0 Å². The first-order valence-corrected chi connectivity index (χ1v) is 6.86. The molecule has 0 saturated carbocycles. The van der Waals surface area contributed by atoms with Crippen LogP contribution in [0.15, 0.2) is 23.1 Å². The summed E-state index contributed by atoms with van der Waals surface area (Å²) in [6.45, 7) is -0.620. The maximum absolute atomic E-state index is 13.6. The van der Waals surface area contributed by atoms with E-state index in [1.807, 2.05) is 4.72 Å². The molecule has 2 N–H and O–H groups in total. The minimum absolute atomic E-state index is 0.458. The Balaban J connectivity index is 2.98. The van der Waals surface area contributed by atoms with E-state index in [4.69, 9.17) is 5.11 Å². The summed E-state index contributed by atoms with van der Waals surface area (Å²) in [5, 5.41) is 19.1. The predicted molar refractivity (Wildman–Crippen MR) is 66.7 cm³/mol. The van der Waals surface area contributed by atoms with Gasteiger partial charge in [-0.05, 0) is 6.07 Å². The third-order valence-electron chi connectivity index (χ3n) is 2.43. The second-order valence-corrected chi connectivity index (χ2v) is 5.52. The number of benzene rings is 1. The van der Waals surface area contributed by atoms with Crippen LogP contribution in [0.2, 0.25) is 0 Å². The molecule has 9 nitrogen and oxygen atoms in total. The summed E-state index contributed by atoms with van der Waals surface area (Å²) in [6.07, 6.45) is -1.44. The number of carbonyl (C=O) groups is 1. The van der Waals surface area contributed by atoms with E-state index < -0.39 is 50.0 Å². The van der Waals surface area contributed by atoms with Gasteiger partial charge in [0.2, 0.25) is 10.0 Å². The van der Waals surface area contributed by atoms with Crippen LogP contribution in [-0.4, -0.2) is 44.2 Å². The van der Waals surface area contributed by atoms with Crippen LogP contribution in [0.1, 0.15) is 0 Å². The second kappa shape index (κ2) is 6.56. The van der Waals surface area contributed by atoms with Crippen molar-refractivity contribution >= 4 is 21.7 Å². The van der Waals surface area contributed by atoms with Gasteiger partial charge in [0, 0.05) is 19.7 Å². The topological polar surface area (TPSA) is 136 Å². The molecule has 0 bridgehead atoms. The highest BCUT2D eigenvalue weighted by Gasteiger charge is 2.24. The Morgan fingerprint density at radius 3 is 2.62 bits per heavy atom. The lowest BCUT2D eigenvalue weighted by Crippen LogP contribution is -2.38. The molecule has 0 spiro atoms. The zero-order valence-corrected chi connectivity index (χ0v) is 11.5. The molecule has 11 heteroatoms. The first-order valence-electron chi connectivity index (χ1n) is 5.38. The molecule has 116 valence electrons. The van der Waals surface area contributed by atoms with Crippen molar-refractivity contribution in [1.29, 1.82) is 0 Å². The average Bonchev–Trinajstić information content (AvgIpc) is 2.38. The zero-order valence-electron chi connectivity index (χ0n) is 10.6. The number of non-ortho nitro benzene ring substituents is 1. The van der Waals surface area contributed by atoms with Crippen molar-refractivity contribution in [3.05, 3.63) is 34.1 Å². The van der Waals surface area contributed by atoms with Gasteiger partial charge >= 0.3 is 5.97 Å². The number of aliphatic carboxylic acids is 1. The van der Waals surface area contributed by atoms with Crippen LogP contribution < -0.4 is 4.72 Å². The molecule has 0 radical (unpaired) electrons. The molecule has 21 heavy (non-hydrogen) atoms. The van der Waals surface area contributed by atoms with Gasteiger partial charge in [-0.3, -0.25) is 10.1 Å². The number of carboxylic acids is 1. The molecule has 0 aliphatic carbocycles. The Morgan fingerprint density at radius 2 is 2.19 bits per heavy atom. The number of rotatable bonds is 7. The first-order chi connectivity index (χ1) is 9.69. The fraction of sp³-hybridized carbons (Fsp3) is 0.300. The minimum atomic E-state index is -4.36. The highest BCUT2D eigenvalue weighted by molar-refractivity contribution is 7.89. The lowest BCUT2D eigenvalue weighted by atomic mass is 10.3.